The van der Waals surface area contributed by atoms with Gasteiger partial charge < -0.3 is 4.67 Å². The molecule has 0 N–H and O–H groups in total. The molecule has 1 atom stereocenters. The van der Waals surface area contributed by atoms with Gasteiger partial charge in [0, 0.05) is 24.8 Å². The van der Waals surface area contributed by atoms with E-state index < -0.39 is 7.44 Å². The van der Waals surface area contributed by atoms with Crippen LogP contribution < -0.4 is 4.67 Å². The smallest absolute Gasteiger partial charge is 0.265 e. The Bertz CT molecular complexity index is 560. The van der Waals surface area contributed by atoms with E-state index in [0.29, 0.717) is 16.7 Å². The van der Waals surface area contributed by atoms with Crippen LogP contribution in [-0.4, -0.2) is 30.3 Å². The number of anilines is 1. The molecule has 2 aliphatic rings. The van der Waals surface area contributed by atoms with Crippen LogP contribution in [0.4, 0.5) is 5.69 Å². The topological polar surface area (TPSA) is 40.6 Å². The molecule has 0 aliphatic carbocycles. The van der Waals surface area contributed by atoms with Crippen molar-refractivity contribution in [1.29, 1.82) is 0 Å². The van der Waals surface area contributed by atoms with Crippen molar-refractivity contribution >= 4 is 30.6 Å². The normalized spacial score (nSPS) is 27.1. The molecule has 90 valence electrons. The van der Waals surface area contributed by atoms with Gasteiger partial charge in [-0.3, -0.25) is 14.0 Å². The molecule has 1 fully saturated rings. The standard InChI is InChI=1S/C11H12ClN2O2P/c1-13-11(15)9-7-8(12)3-4-10(9)14-5-2-6-17(13,14)16/h3-4,7H,2,5-6H2,1H3. The van der Waals surface area contributed by atoms with E-state index in [1.807, 2.05) is 4.67 Å². The number of carbonyl (C=O) groups is 1. The highest BCUT2D eigenvalue weighted by Crippen LogP contribution is 2.62. The van der Waals surface area contributed by atoms with Crippen LogP contribution in [0.1, 0.15) is 16.8 Å². The molecule has 1 saturated heterocycles. The number of amides is 1. The summed E-state index contributed by atoms with van der Waals surface area (Å²) in [5.74, 6) is -0.191. The van der Waals surface area contributed by atoms with Gasteiger partial charge in [0.05, 0.1) is 11.3 Å². The average Bonchev–Trinajstić information content (AvgIpc) is 2.70. The van der Waals surface area contributed by atoms with Crippen molar-refractivity contribution in [1.82, 2.24) is 4.67 Å². The Kier molecular flexibility index (Phi) is 2.29. The van der Waals surface area contributed by atoms with Crippen molar-refractivity contribution in [2.45, 2.75) is 6.42 Å². The molecule has 1 amide bonds. The largest absolute Gasteiger partial charge is 0.306 e. The molecule has 17 heavy (non-hydrogen) atoms. The van der Waals surface area contributed by atoms with Gasteiger partial charge in [-0.05, 0) is 24.6 Å². The number of hydrogen-bond donors (Lipinski definition) is 0. The van der Waals surface area contributed by atoms with E-state index in [1.165, 1.54) is 4.67 Å². The lowest BCUT2D eigenvalue weighted by Crippen LogP contribution is -2.36. The molecule has 4 nitrogen and oxygen atoms in total. The maximum absolute atomic E-state index is 12.8. The van der Waals surface area contributed by atoms with Crippen LogP contribution in [0.3, 0.4) is 0 Å². The highest BCUT2D eigenvalue weighted by atomic mass is 35.5. The van der Waals surface area contributed by atoms with Crippen molar-refractivity contribution in [2.75, 3.05) is 24.4 Å². The molecule has 0 saturated carbocycles. The fourth-order valence-corrected chi connectivity index (χ4v) is 5.47. The summed E-state index contributed by atoms with van der Waals surface area (Å²) in [6.45, 7) is 0.740. The van der Waals surface area contributed by atoms with E-state index in [2.05, 4.69) is 0 Å². The van der Waals surface area contributed by atoms with Crippen LogP contribution in [0.15, 0.2) is 18.2 Å². The third-order valence-corrected chi connectivity index (χ3v) is 6.85. The minimum Gasteiger partial charge on any atom is -0.306 e. The minimum atomic E-state index is -2.69. The van der Waals surface area contributed by atoms with E-state index in [4.69, 9.17) is 11.6 Å². The van der Waals surface area contributed by atoms with Crippen molar-refractivity contribution in [3.05, 3.63) is 28.8 Å². The van der Waals surface area contributed by atoms with Crippen LogP contribution >= 0.6 is 19.0 Å². The second-order valence-electron chi connectivity index (χ2n) is 4.36. The SMILES string of the molecule is CN1C(=O)c2cc(Cl)ccc2N2CCCP12=O. The number of hydrogen-bond acceptors (Lipinski definition) is 2. The first-order valence-corrected chi connectivity index (χ1v) is 7.67. The predicted molar refractivity (Wildman–Crippen MR) is 68.0 cm³/mol. The summed E-state index contributed by atoms with van der Waals surface area (Å²) in [6, 6.07) is 5.18. The van der Waals surface area contributed by atoms with Gasteiger partial charge in [-0.1, -0.05) is 11.6 Å². The van der Waals surface area contributed by atoms with Crippen molar-refractivity contribution < 1.29 is 9.36 Å². The van der Waals surface area contributed by atoms with E-state index in [1.54, 1.807) is 25.2 Å². The Labute approximate surface area is 105 Å². The third-order valence-electron chi connectivity index (χ3n) is 3.43. The van der Waals surface area contributed by atoms with Gasteiger partial charge in [0.15, 0.2) is 0 Å². The third kappa shape index (κ3) is 1.37. The maximum Gasteiger partial charge on any atom is 0.265 e. The van der Waals surface area contributed by atoms with E-state index in [9.17, 15) is 9.36 Å². The zero-order valence-electron chi connectivity index (χ0n) is 9.39. The lowest BCUT2D eigenvalue weighted by molar-refractivity contribution is 0.0877. The molecule has 2 aliphatic heterocycles. The number of nitrogens with zero attached hydrogens (tertiary/aromatic N) is 2. The monoisotopic (exact) mass is 270 g/mol. The molecule has 0 aromatic heterocycles. The Morgan fingerprint density at radius 2 is 2.18 bits per heavy atom. The number of carbonyl (C=O) groups excluding carboxylic acids is 1. The van der Waals surface area contributed by atoms with E-state index >= 15 is 0 Å². The van der Waals surface area contributed by atoms with E-state index in [-0.39, 0.29) is 5.91 Å². The lowest BCUT2D eigenvalue weighted by Gasteiger charge is -2.39. The summed E-state index contributed by atoms with van der Waals surface area (Å²) in [4.78, 5) is 12.2. The summed E-state index contributed by atoms with van der Waals surface area (Å²) in [6.07, 6.45) is 1.44. The average molecular weight is 271 g/mol. The van der Waals surface area contributed by atoms with Gasteiger partial charge in [0.2, 0.25) is 0 Å². The van der Waals surface area contributed by atoms with Gasteiger partial charge >= 0.3 is 0 Å². The van der Waals surface area contributed by atoms with Gasteiger partial charge in [-0.15, -0.1) is 0 Å². The Morgan fingerprint density at radius 3 is 2.94 bits per heavy atom. The fourth-order valence-electron chi connectivity index (χ4n) is 2.53. The van der Waals surface area contributed by atoms with Crippen molar-refractivity contribution in [3.8, 4) is 0 Å². The number of fused-ring (bicyclic) bond motifs is 3. The van der Waals surface area contributed by atoms with Crippen molar-refractivity contribution in [3.63, 3.8) is 0 Å². The maximum atomic E-state index is 12.8. The molecule has 2 heterocycles. The summed E-state index contributed by atoms with van der Waals surface area (Å²) in [5, 5.41) is 0.529. The quantitative estimate of drug-likeness (QED) is 0.681. The number of benzene rings is 1. The van der Waals surface area contributed by atoms with Crippen LogP contribution in [0.2, 0.25) is 5.02 Å². The molecule has 1 aromatic carbocycles. The summed E-state index contributed by atoms with van der Waals surface area (Å²) in [7, 11) is -1.08. The second kappa shape index (κ2) is 3.50. The van der Waals surface area contributed by atoms with Gasteiger partial charge in [-0.25, -0.2) is 0 Å². The summed E-state index contributed by atoms with van der Waals surface area (Å²) < 4.78 is 16.1. The molecule has 1 aromatic rings. The molecule has 3 rings (SSSR count). The Morgan fingerprint density at radius 1 is 1.41 bits per heavy atom. The first kappa shape index (κ1) is 11.1. The van der Waals surface area contributed by atoms with Gasteiger partial charge in [0.1, 0.15) is 0 Å². The molecule has 6 heteroatoms. The highest BCUT2D eigenvalue weighted by molar-refractivity contribution is 7.64. The minimum absolute atomic E-state index is 0.191. The molecular formula is C11H12ClN2O2P. The zero-order valence-corrected chi connectivity index (χ0v) is 11.0. The number of halogens is 1. The zero-order chi connectivity index (χ0) is 12.2. The second-order valence-corrected chi connectivity index (χ2v) is 7.65. The van der Waals surface area contributed by atoms with Crippen LogP contribution in [-0.2, 0) is 4.57 Å². The first-order valence-electron chi connectivity index (χ1n) is 5.49. The summed E-state index contributed by atoms with van der Waals surface area (Å²) >= 11 is 5.91. The van der Waals surface area contributed by atoms with Gasteiger partial charge in [-0.2, -0.15) is 0 Å². The van der Waals surface area contributed by atoms with Gasteiger partial charge in [0.25, 0.3) is 13.4 Å². The lowest BCUT2D eigenvalue weighted by atomic mass is 10.1. The number of rotatable bonds is 0. The molecule has 0 spiro atoms. The first-order chi connectivity index (χ1) is 8.04. The van der Waals surface area contributed by atoms with Crippen LogP contribution in [0.25, 0.3) is 0 Å². The fraction of sp³-hybridized carbons (Fsp3) is 0.364. The molecule has 1 unspecified atom stereocenters. The van der Waals surface area contributed by atoms with E-state index in [0.717, 1.165) is 18.7 Å². The Balaban J connectivity index is 2.25. The molecular weight excluding hydrogens is 259 g/mol. The predicted octanol–water partition coefficient (Wildman–Crippen LogP) is 2.83. The van der Waals surface area contributed by atoms with Crippen molar-refractivity contribution in [2.24, 2.45) is 0 Å². The van der Waals surface area contributed by atoms with Crippen LogP contribution in [0, 0.1) is 0 Å². The Hall–Kier alpha value is -0.990. The highest BCUT2D eigenvalue weighted by Gasteiger charge is 2.47. The molecule has 0 radical (unpaired) electrons. The van der Waals surface area contributed by atoms with Crippen LogP contribution in [0.5, 0.6) is 0 Å². The summed E-state index contributed by atoms with van der Waals surface area (Å²) in [5.41, 5.74) is 1.31. The molecule has 0 bridgehead atoms.